The molecular formula is C8H9NO4. The van der Waals surface area contributed by atoms with E-state index in [0.29, 0.717) is 11.5 Å². The first kappa shape index (κ1) is 9.31. The maximum atomic E-state index is 9.93. The normalized spacial score (nSPS) is 9.08. The lowest BCUT2D eigenvalue weighted by atomic mass is 10.3. The lowest BCUT2D eigenvalue weighted by Gasteiger charge is -2.07. The van der Waals surface area contributed by atoms with Gasteiger partial charge in [-0.1, -0.05) is 6.07 Å². The zero-order chi connectivity index (χ0) is 9.68. The fourth-order valence-corrected chi connectivity index (χ4v) is 0.944. The molecule has 5 nitrogen and oxygen atoms in total. The molecule has 5 heteroatoms. The van der Waals surface area contributed by atoms with E-state index in [4.69, 9.17) is 9.47 Å². The molecular weight excluding hydrogens is 174 g/mol. The molecule has 0 heterocycles. The second-order valence-corrected chi connectivity index (χ2v) is 2.16. The van der Waals surface area contributed by atoms with Crippen LogP contribution in [0.15, 0.2) is 23.5 Å². The smallest absolute Gasteiger partial charge is 0.244 e. The Morgan fingerprint density at radius 1 is 1.15 bits per heavy atom. The van der Waals surface area contributed by atoms with Crippen LogP contribution in [0.4, 0.5) is 0 Å². The molecule has 0 atom stereocenters. The predicted molar refractivity (Wildman–Crippen MR) is 46.0 cm³/mol. The Morgan fingerprint density at radius 2 is 1.69 bits per heavy atom. The maximum absolute atomic E-state index is 9.93. The standard InChI is InChI=1S/C8H9NO4/c1-11-6-4-3-5-7(12-2)8(6)13-9-10/h3-5H,1-2H3. The number of ether oxygens (including phenoxy) is 2. The van der Waals surface area contributed by atoms with Crippen molar-refractivity contribution in [3.05, 3.63) is 23.1 Å². The summed E-state index contributed by atoms with van der Waals surface area (Å²) in [4.78, 5) is 14.4. The van der Waals surface area contributed by atoms with E-state index in [1.165, 1.54) is 14.2 Å². The molecule has 0 aliphatic carbocycles. The minimum absolute atomic E-state index is 0.183. The highest BCUT2D eigenvalue weighted by molar-refractivity contribution is 5.50. The molecule has 0 fully saturated rings. The van der Waals surface area contributed by atoms with E-state index in [2.05, 4.69) is 10.2 Å². The fraction of sp³-hybridized carbons (Fsp3) is 0.250. The van der Waals surface area contributed by atoms with Crippen LogP contribution < -0.4 is 14.3 Å². The van der Waals surface area contributed by atoms with E-state index < -0.39 is 0 Å². The highest BCUT2D eigenvalue weighted by Crippen LogP contribution is 2.36. The van der Waals surface area contributed by atoms with Crippen molar-refractivity contribution >= 4 is 0 Å². The number of benzene rings is 1. The molecule has 1 aromatic carbocycles. The maximum Gasteiger partial charge on any atom is 0.244 e. The van der Waals surface area contributed by atoms with Gasteiger partial charge in [0, 0.05) is 0 Å². The average molecular weight is 183 g/mol. The molecule has 0 amide bonds. The van der Waals surface area contributed by atoms with Crippen LogP contribution >= 0.6 is 0 Å². The van der Waals surface area contributed by atoms with Gasteiger partial charge in [0.1, 0.15) is 0 Å². The molecule has 0 aliphatic heterocycles. The van der Waals surface area contributed by atoms with Gasteiger partial charge in [0.2, 0.25) is 5.75 Å². The molecule has 0 N–H and O–H groups in total. The third-order valence-corrected chi connectivity index (χ3v) is 1.51. The van der Waals surface area contributed by atoms with E-state index in [-0.39, 0.29) is 5.75 Å². The summed E-state index contributed by atoms with van der Waals surface area (Å²) in [7, 11) is 2.93. The Bertz CT molecular complexity index is 278. The molecule has 1 aromatic rings. The first-order valence-electron chi connectivity index (χ1n) is 3.54. The zero-order valence-electron chi connectivity index (χ0n) is 7.31. The lowest BCUT2D eigenvalue weighted by Crippen LogP contribution is -1.92. The zero-order valence-corrected chi connectivity index (χ0v) is 7.31. The molecule has 1 rings (SSSR count). The van der Waals surface area contributed by atoms with Gasteiger partial charge in [-0.25, -0.2) is 0 Å². The van der Waals surface area contributed by atoms with E-state index in [1.807, 2.05) is 0 Å². The molecule has 0 unspecified atom stereocenters. The highest BCUT2D eigenvalue weighted by atomic mass is 16.7. The summed E-state index contributed by atoms with van der Waals surface area (Å²) in [5, 5.41) is 2.31. The summed E-state index contributed by atoms with van der Waals surface area (Å²) in [6.45, 7) is 0. The van der Waals surface area contributed by atoms with Crippen molar-refractivity contribution in [2.45, 2.75) is 0 Å². The van der Waals surface area contributed by atoms with Crippen LogP contribution in [0.5, 0.6) is 17.2 Å². The van der Waals surface area contributed by atoms with Crippen LogP contribution in [-0.4, -0.2) is 14.2 Å². The summed E-state index contributed by atoms with van der Waals surface area (Å²) in [5.41, 5.74) is 0. The summed E-state index contributed by atoms with van der Waals surface area (Å²) in [5.74, 6) is 0.986. The van der Waals surface area contributed by atoms with E-state index in [0.717, 1.165) is 0 Å². The van der Waals surface area contributed by atoms with Crippen molar-refractivity contribution in [2.75, 3.05) is 14.2 Å². The summed E-state index contributed by atoms with van der Waals surface area (Å²) >= 11 is 0. The van der Waals surface area contributed by atoms with Crippen LogP contribution in [0.3, 0.4) is 0 Å². The minimum Gasteiger partial charge on any atom is -0.493 e. The van der Waals surface area contributed by atoms with Crippen molar-refractivity contribution in [3.8, 4) is 17.2 Å². The van der Waals surface area contributed by atoms with Gasteiger partial charge in [-0.3, -0.25) is 0 Å². The molecule has 0 aromatic heterocycles. The Morgan fingerprint density at radius 3 is 2.08 bits per heavy atom. The molecule has 0 saturated heterocycles. The average Bonchev–Trinajstić information content (AvgIpc) is 2.18. The van der Waals surface area contributed by atoms with Crippen molar-refractivity contribution in [1.29, 1.82) is 0 Å². The van der Waals surface area contributed by atoms with Crippen LogP contribution in [0.25, 0.3) is 0 Å². The number of rotatable bonds is 4. The minimum atomic E-state index is 0.183. The molecule has 0 radical (unpaired) electrons. The van der Waals surface area contributed by atoms with E-state index in [1.54, 1.807) is 18.2 Å². The monoisotopic (exact) mass is 183 g/mol. The SMILES string of the molecule is COc1cccc(OC)c1ON=O. The third kappa shape index (κ3) is 1.87. The number of methoxy groups -OCH3 is 2. The van der Waals surface area contributed by atoms with Crippen LogP contribution in [0.1, 0.15) is 0 Å². The van der Waals surface area contributed by atoms with Gasteiger partial charge in [0.25, 0.3) is 0 Å². The largest absolute Gasteiger partial charge is 0.493 e. The number of para-hydroxylation sites is 1. The predicted octanol–water partition coefficient (Wildman–Crippen LogP) is 1.76. The van der Waals surface area contributed by atoms with Gasteiger partial charge < -0.3 is 14.3 Å². The molecule has 0 bridgehead atoms. The Hall–Kier alpha value is -1.78. The van der Waals surface area contributed by atoms with Crippen LogP contribution in [0.2, 0.25) is 0 Å². The van der Waals surface area contributed by atoms with E-state index in [9.17, 15) is 4.91 Å². The van der Waals surface area contributed by atoms with Crippen molar-refractivity contribution in [1.82, 2.24) is 0 Å². The van der Waals surface area contributed by atoms with Gasteiger partial charge >= 0.3 is 0 Å². The van der Waals surface area contributed by atoms with Gasteiger partial charge in [0.05, 0.1) is 14.2 Å². The van der Waals surface area contributed by atoms with Crippen molar-refractivity contribution in [2.24, 2.45) is 5.34 Å². The first-order chi connectivity index (χ1) is 6.33. The van der Waals surface area contributed by atoms with Crippen molar-refractivity contribution in [3.63, 3.8) is 0 Å². The second-order valence-electron chi connectivity index (χ2n) is 2.16. The molecule has 70 valence electrons. The highest BCUT2D eigenvalue weighted by Gasteiger charge is 2.11. The molecule has 0 saturated carbocycles. The number of hydrogen-bond donors (Lipinski definition) is 0. The first-order valence-corrected chi connectivity index (χ1v) is 3.54. The third-order valence-electron chi connectivity index (χ3n) is 1.51. The summed E-state index contributed by atoms with van der Waals surface area (Å²) < 4.78 is 9.87. The van der Waals surface area contributed by atoms with Gasteiger partial charge in [-0.2, -0.15) is 0 Å². The lowest BCUT2D eigenvalue weighted by molar-refractivity contribution is 0.284. The van der Waals surface area contributed by atoms with Crippen LogP contribution in [-0.2, 0) is 0 Å². The quantitative estimate of drug-likeness (QED) is 0.527. The number of nitrogens with zero attached hydrogens (tertiary/aromatic N) is 1. The molecule has 13 heavy (non-hydrogen) atoms. The Balaban J connectivity index is 3.12. The Labute approximate surface area is 75.2 Å². The Kier molecular flexibility index (Phi) is 3.08. The van der Waals surface area contributed by atoms with Gasteiger partial charge in [-0.15, -0.1) is 4.91 Å². The van der Waals surface area contributed by atoms with Crippen molar-refractivity contribution < 1.29 is 14.3 Å². The molecule has 0 aliphatic rings. The summed E-state index contributed by atoms with van der Waals surface area (Å²) in [6.07, 6.45) is 0. The topological polar surface area (TPSA) is 57.1 Å². The number of hydrogen-bond acceptors (Lipinski definition) is 5. The van der Waals surface area contributed by atoms with E-state index >= 15 is 0 Å². The summed E-state index contributed by atoms with van der Waals surface area (Å²) in [6, 6.07) is 5.00. The second kappa shape index (κ2) is 4.30. The van der Waals surface area contributed by atoms with Gasteiger partial charge in [-0.05, 0) is 12.1 Å². The molecule has 0 spiro atoms. The fourth-order valence-electron chi connectivity index (χ4n) is 0.944. The van der Waals surface area contributed by atoms with Crippen LogP contribution in [0, 0.1) is 4.91 Å². The van der Waals surface area contributed by atoms with Gasteiger partial charge in [0.15, 0.2) is 16.8 Å².